The molecule has 6 nitrogen and oxygen atoms in total. The van der Waals surface area contributed by atoms with E-state index in [1.165, 1.54) is 6.92 Å². The van der Waals surface area contributed by atoms with Gasteiger partial charge in [0.15, 0.2) is 0 Å². The van der Waals surface area contributed by atoms with Crippen molar-refractivity contribution in [2.75, 3.05) is 17.7 Å². The highest BCUT2D eigenvalue weighted by Crippen LogP contribution is 2.36. The van der Waals surface area contributed by atoms with Crippen LogP contribution in [0.5, 0.6) is 0 Å². The van der Waals surface area contributed by atoms with E-state index in [0.29, 0.717) is 24.2 Å². The Morgan fingerprint density at radius 1 is 0.963 bits per heavy atom. The van der Waals surface area contributed by atoms with Gasteiger partial charge in [-0.15, -0.1) is 0 Å². The Labute approximate surface area is 158 Å². The van der Waals surface area contributed by atoms with Crippen molar-refractivity contribution in [3.63, 3.8) is 0 Å². The van der Waals surface area contributed by atoms with E-state index in [1.54, 1.807) is 36.2 Å². The van der Waals surface area contributed by atoms with Crippen LogP contribution in [0.25, 0.3) is 0 Å². The molecule has 1 aliphatic heterocycles. The molecule has 0 unspecified atom stereocenters. The highest BCUT2D eigenvalue weighted by Gasteiger charge is 2.38. The number of carbonyl (C=O) groups is 3. The normalized spacial score (nSPS) is 19.5. The lowest BCUT2D eigenvalue weighted by molar-refractivity contribution is -0.140. The minimum absolute atomic E-state index is 0.0487. The van der Waals surface area contributed by atoms with Crippen LogP contribution in [0.1, 0.15) is 31.4 Å². The smallest absolute Gasteiger partial charge is 0.229 e. The van der Waals surface area contributed by atoms with Gasteiger partial charge in [0.25, 0.3) is 0 Å². The van der Waals surface area contributed by atoms with E-state index in [4.69, 9.17) is 0 Å². The fourth-order valence-corrected chi connectivity index (χ4v) is 3.49. The topological polar surface area (TPSA) is 78.5 Å². The van der Waals surface area contributed by atoms with Crippen molar-refractivity contribution in [2.45, 2.75) is 25.8 Å². The number of hydrogen-bond acceptors (Lipinski definition) is 3. The minimum atomic E-state index is -0.329. The van der Waals surface area contributed by atoms with Crippen LogP contribution < -0.4 is 10.6 Å². The molecule has 27 heavy (non-hydrogen) atoms. The van der Waals surface area contributed by atoms with Gasteiger partial charge in [-0.1, -0.05) is 30.3 Å². The average Bonchev–Trinajstić information content (AvgIpc) is 2.65. The van der Waals surface area contributed by atoms with Crippen LogP contribution >= 0.6 is 0 Å². The Morgan fingerprint density at radius 3 is 2.15 bits per heavy atom. The molecule has 2 atom stereocenters. The van der Waals surface area contributed by atoms with Crippen LogP contribution in [0.2, 0.25) is 0 Å². The van der Waals surface area contributed by atoms with Gasteiger partial charge in [0.1, 0.15) is 0 Å². The fourth-order valence-electron chi connectivity index (χ4n) is 3.49. The number of likely N-dealkylation sites (tertiary alicyclic amines) is 1. The first-order valence-electron chi connectivity index (χ1n) is 8.95. The largest absolute Gasteiger partial charge is 0.338 e. The van der Waals surface area contributed by atoms with Crippen molar-refractivity contribution >= 4 is 29.1 Å². The number of amides is 3. The molecule has 2 aromatic rings. The first-order chi connectivity index (χ1) is 13.0. The Kier molecular flexibility index (Phi) is 5.54. The van der Waals surface area contributed by atoms with Crippen molar-refractivity contribution in [2.24, 2.45) is 5.92 Å². The predicted octanol–water partition coefficient (Wildman–Crippen LogP) is 3.19. The van der Waals surface area contributed by atoms with Gasteiger partial charge in [0.05, 0.1) is 12.0 Å². The van der Waals surface area contributed by atoms with Gasteiger partial charge in [-0.3, -0.25) is 14.4 Å². The number of anilines is 2. The molecule has 0 aliphatic carbocycles. The predicted molar refractivity (Wildman–Crippen MR) is 104 cm³/mol. The molecule has 0 radical (unpaired) electrons. The molecule has 1 heterocycles. The molecule has 2 aromatic carbocycles. The number of carbonyl (C=O) groups excluding carboxylic acids is 3. The van der Waals surface area contributed by atoms with Crippen molar-refractivity contribution in [3.8, 4) is 0 Å². The van der Waals surface area contributed by atoms with E-state index in [1.807, 2.05) is 30.3 Å². The summed E-state index contributed by atoms with van der Waals surface area (Å²) in [6.07, 6.45) is 0.873. The Hall–Kier alpha value is -3.15. The average molecular weight is 365 g/mol. The maximum absolute atomic E-state index is 12.9. The van der Waals surface area contributed by atoms with Crippen LogP contribution in [0.15, 0.2) is 54.6 Å². The molecule has 2 N–H and O–H groups in total. The Morgan fingerprint density at radius 2 is 1.56 bits per heavy atom. The summed E-state index contributed by atoms with van der Waals surface area (Å²) < 4.78 is 0. The lowest BCUT2D eigenvalue weighted by atomic mass is 9.84. The maximum atomic E-state index is 12.9. The summed E-state index contributed by atoms with van der Waals surface area (Å²) >= 11 is 0. The number of piperidine rings is 1. The molecule has 0 saturated carbocycles. The molecule has 140 valence electrons. The zero-order valence-corrected chi connectivity index (χ0v) is 15.4. The van der Waals surface area contributed by atoms with Gasteiger partial charge in [-0.05, 0) is 36.2 Å². The third-order valence-corrected chi connectivity index (χ3v) is 4.81. The summed E-state index contributed by atoms with van der Waals surface area (Å²) in [7, 11) is 1.75. The van der Waals surface area contributed by atoms with E-state index in [-0.39, 0.29) is 29.7 Å². The van der Waals surface area contributed by atoms with E-state index < -0.39 is 0 Å². The Bertz CT molecular complexity index is 834. The molecular weight excluding hydrogens is 342 g/mol. The zero-order chi connectivity index (χ0) is 19.4. The number of nitrogens with one attached hydrogen (secondary N) is 2. The summed E-state index contributed by atoms with van der Waals surface area (Å²) in [6, 6.07) is 16.3. The van der Waals surface area contributed by atoms with E-state index >= 15 is 0 Å². The maximum Gasteiger partial charge on any atom is 0.229 e. The fraction of sp³-hybridized carbons (Fsp3) is 0.286. The molecule has 1 aliphatic rings. The number of benzene rings is 2. The summed E-state index contributed by atoms with van der Waals surface area (Å²) in [5, 5.41) is 5.63. The quantitative estimate of drug-likeness (QED) is 0.873. The van der Waals surface area contributed by atoms with Crippen molar-refractivity contribution in [1.29, 1.82) is 0 Å². The van der Waals surface area contributed by atoms with Crippen LogP contribution in [0, 0.1) is 5.92 Å². The van der Waals surface area contributed by atoms with Gasteiger partial charge < -0.3 is 15.5 Å². The van der Waals surface area contributed by atoms with Crippen LogP contribution in [0.4, 0.5) is 11.4 Å². The highest BCUT2D eigenvalue weighted by molar-refractivity contribution is 5.95. The molecule has 0 bridgehead atoms. The molecule has 1 saturated heterocycles. The molecular formula is C21H23N3O3. The lowest BCUT2D eigenvalue weighted by Crippen LogP contribution is -2.44. The first kappa shape index (κ1) is 18.6. The minimum Gasteiger partial charge on any atom is -0.338 e. The summed E-state index contributed by atoms with van der Waals surface area (Å²) in [5.74, 6) is -0.541. The second kappa shape index (κ2) is 8.03. The highest BCUT2D eigenvalue weighted by atomic mass is 16.2. The second-order valence-corrected chi connectivity index (χ2v) is 6.75. The third-order valence-electron chi connectivity index (χ3n) is 4.81. The Balaban J connectivity index is 1.77. The van der Waals surface area contributed by atoms with Gasteiger partial charge in [0, 0.05) is 31.8 Å². The third kappa shape index (κ3) is 4.34. The summed E-state index contributed by atoms with van der Waals surface area (Å²) in [5.41, 5.74) is 2.28. The number of nitrogens with zero attached hydrogens (tertiary/aromatic N) is 1. The van der Waals surface area contributed by atoms with Gasteiger partial charge in [-0.2, -0.15) is 0 Å². The van der Waals surface area contributed by atoms with Gasteiger partial charge >= 0.3 is 0 Å². The van der Waals surface area contributed by atoms with Gasteiger partial charge in [0.2, 0.25) is 17.7 Å². The number of hydrogen-bond donors (Lipinski definition) is 2. The lowest BCUT2D eigenvalue weighted by Gasteiger charge is -2.38. The van der Waals surface area contributed by atoms with Crippen LogP contribution in [-0.2, 0) is 14.4 Å². The van der Waals surface area contributed by atoms with Crippen molar-refractivity contribution in [1.82, 2.24) is 4.90 Å². The van der Waals surface area contributed by atoms with E-state index in [0.717, 1.165) is 5.56 Å². The SMILES string of the molecule is CC(=O)Nc1ccc(NC(=O)[C@H]2CCC(=O)N(C)[C@@H]2c2ccccc2)cc1. The molecule has 3 amide bonds. The molecule has 6 heteroatoms. The second-order valence-electron chi connectivity index (χ2n) is 6.75. The summed E-state index contributed by atoms with van der Waals surface area (Å²) in [6.45, 7) is 1.44. The molecule has 1 fully saturated rings. The van der Waals surface area contributed by atoms with Gasteiger partial charge in [-0.25, -0.2) is 0 Å². The molecule has 0 spiro atoms. The van der Waals surface area contributed by atoms with Crippen LogP contribution in [0.3, 0.4) is 0 Å². The van der Waals surface area contributed by atoms with Crippen molar-refractivity contribution in [3.05, 3.63) is 60.2 Å². The van der Waals surface area contributed by atoms with Crippen molar-refractivity contribution < 1.29 is 14.4 Å². The number of rotatable bonds is 4. The standard InChI is InChI=1S/C21H23N3O3/c1-14(25)22-16-8-10-17(11-9-16)23-21(27)18-12-13-19(26)24(2)20(18)15-6-4-3-5-7-15/h3-11,18,20H,12-13H2,1-2H3,(H,22,25)(H,23,27)/t18-,20+/m0/s1. The molecule has 3 rings (SSSR count). The van der Waals surface area contributed by atoms with E-state index in [2.05, 4.69) is 10.6 Å². The molecule has 0 aromatic heterocycles. The zero-order valence-electron chi connectivity index (χ0n) is 15.4. The summed E-state index contributed by atoms with van der Waals surface area (Å²) in [4.78, 5) is 37.9. The van der Waals surface area contributed by atoms with E-state index in [9.17, 15) is 14.4 Å². The first-order valence-corrected chi connectivity index (χ1v) is 8.95. The van der Waals surface area contributed by atoms with Crippen LogP contribution in [-0.4, -0.2) is 29.7 Å². The monoisotopic (exact) mass is 365 g/mol.